The Kier molecular flexibility index (Phi) is 4.84. The molecular formula is C14H27NO2. The first-order valence-electron chi connectivity index (χ1n) is 6.83. The van der Waals surface area contributed by atoms with E-state index >= 15 is 0 Å². The van der Waals surface area contributed by atoms with Gasteiger partial charge in [0, 0.05) is 13.1 Å². The number of ether oxygens (including phenoxy) is 1. The van der Waals surface area contributed by atoms with Gasteiger partial charge in [0.2, 0.25) is 0 Å². The fourth-order valence-corrected chi connectivity index (χ4v) is 2.39. The molecule has 0 bridgehead atoms. The van der Waals surface area contributed by atoms with Gasteiger partial charge < -0.3 is 9.64 Å². The highest BCUT2D eigenvalue weighted by atomic mass is 16.6. The largest absolute Gasteiger partial charge is 0.444 e. The minimum absolute atomic E-state index is 0.144. The van der Waals surface area contributed by atoms with Crippen LogP contribution in [0.5, 0.6) is 0 Å². The minimum atomic E-state index is -0.391. The second-order valence-electron chi connectivity index (χ2n) is 6.17. The van der Waals surface area contributed by atoms with Crippen molar-refractivity contribution in [2.24, 2.45) is 11.8 Å². The fourth-order valence-electron chi connectivity index (χ4n) is 2.39. The van der Waals surface area contributed by atoms with Gasteiger partial charge in [0.05, 0.1) is 0 Å². The maximum absolute atomic E-state index is 12.0. The molecule has 2 atom stereocenters. The molecule has 1 amide bonds. The Morgan fingerprint density at radius 2 is 1.65 bits per heavy atom. The van der Waals surface area contributed by atoms with E-state index in [9.17, 15) is 4.79 Å². The molecule has 100 valence electrons. The molecule has 1 saturated heterocycles. The Balaban J connectivity index is 2.59. The predicted octanol–water partition coefficient (Wildman–Crippen LogP) is 3.68. The Morgan fingerprint density at radius 1 is 1.18 bits per heavy atom. The molecule has 1 fully saturated rings. The molecule has 0 aliphatic carbocycles. The van der Waals surface area contributed by atoms with Crippen LogP contribution in [0.4, 0.5) is 4.79 Å². The highest BCUT2D eigenvalue weighted by molar-refractivity contribution is 5.68. The molecule has 0 spiro atoms. The average molecular weight is 241 g/mol. The molecule has 1 aliphatic rings. The zero-order valence-electron chi connectivity index (χ0n) is 12.0. The molecule has 3 nitrogen and oxygen atoms in total. The summed E-state index contributed by atoms with van der Waals surface area (Å²) < 4.78 is 5.45. The van der Waals surface area contributed by atoms with Gasteiger partial charge in [-0.3, -0.25) is 0 Å². The molecule has 2 unspecified atom stereocenters. The topological polar surface area (TPSA) is 29.5 Å². The van der Waals surface area contributed by atoms with E-state index in [-0.39, 0.29) is 6.09 Å². The van der Waals surface area contributed by atoms with Crippen molar-refractivity contribution in [3.05, 3.63) is 0 Å². The van der Waals surface area contributed by atoms with E-state index in [1.807, 2.05) is 25.7 Å². The molecule has 1 rings (SSSR count). The molecule has 0 aromatic carbocycles. The lowest BCUT2D eigenvalue weighted by Crippen LogP contribution is -2.45. The summed E-state index contributed by atoms with van der Waals surface area (Å²) >= 11 is 0. The van der Waals surface area contributed by atoms with Crippen LogP contribution in [0.2, 0.25) is 0 Å². The molecule has 0 aromatic heterocycles. The van der Waals surface area contributed by atoms with Gasteiger partial charge in [-0.15, -0.1) is 0 Å². The highest BCUT2D eigenvalue weighted by Gasteiger charge is 2.30. The molecule has 17 heavy (non-hydrogen) atoms. The van der Waals surface area contributed by atoms with Gasteiger partial charge in [0.15, 0.2) is 0 Å². The second-order valence-corrected chi connectivity index (χ2v) is 6.17. The second kappa shape index (κ2) is 5.74. The molecule has 0 N–H and O–H groups in total. The van der Waals surface area contributed by atoms with Crippen LogP contribution in [-0.4, -0.2) is 29.7 Å². The predicted molar refractivity (Wildman–Crippen MR) is 70.0 cm³/mol. The first kappa shape index (κ1) is 14.3. The van der Waals surface area contributed by atoms with Crippen LogP contribution in [0, 0.1) is 11.8 Å². The zero-order chi connectivity index (χ0) is 13.1. The Bertz CT molecular complexity index is 245. The lowest BCUT2D eigenvalue weighted by Gasteiger charge is -2.37. The number of likely N-dealkylation sites (tertiary alicyclic amines) is 1. The van der Waals surface area contributed by atoms with Crippen molar-refractivity contribution in [2.45, 2.75) is 59.5 Å². The van der Waals surface area contributed by atoms with Gasteiger partial charge >= 0.3 is 6.09 Å². The van der Waals surface area contributed by atoms with Crippen LogP contribution in [0.25, 0.3) is 0 Å². The monoisotopic (exact) mass is 241 g/mol. The number of piperidine rings is 1. The maximum Gasteiger partial charge on any atom is 0.410 e. The summed E-state index contributed by atoms with van der Waals surface area (Å²) in [7, 11) is 0. The summed E-state index contributed by atoms with van der Waals surface area (Å²) in [5, 5.41) is 0. The quantitative estimate of drug-likeness (QED) is 0.738. The standard InChI is InChI=1S/C14H27NO2/c1-6-11-8-12(7-2)10-15(9-11)13(16)17-14(3,4)5/h11-12H,6-10H2,1-5H3. The molecular weight excluding hydrogens is 214 g/mol. The van der Waals surface area contributed by atoms with Crippen LogP contribution in [-0.2, 0) is 4.74 Å². The summed E-state index contributed by atoms with van der Waals surface area (Å²) in [6.45, 7) is 11.9. The van der Waals surface area contributed by atoms with Gasteiger partial charge in [0.1, 0.15) is 5.60 Å². The smallest absolute Gasteiger partial charge is 0.410 e. The van der Waals surface area contributed by atoms with Gasteiger partial charge in [0.25, 0.3) is 0 Å². The number of hydrogen-bond donors (Lipinski definition) is 0. The number of rotatable bonds is 2. The SMILES string of the molecule is CCC1CC(CC)CN(C(=O)OC(C)(C)C)C1. The van der Waals surface area contributed by atoms with E-state index in [0.717, 1.165) is 25.9 Å². The van der Waals surface area contributed by atoms with Crippen molar-refractivity contribution in [1.82, 2.24) is 4.90 Å². The lowest BCUT2D eigenvalue weighted by atomic mass is 9.86. The number of hydrogen-bond acceptors (Lipinski definition) is 2. The van der Waals surface area contributed by atoms with Crippen LogP contribution < -0.4 is 0 Å². The van der Waals surface area contributed by atoms with Crippen LogP contribution in [0.3, 0.4) is 0 Å². The third-order valence-corrected chi connectivity index (χ3v) is 3.43. The van der Waals surface area contributed by atoms with E-state index in [4.69, 9.17) is 4.74 Å². The minimum Gasteiger partial charge on any atom is -0.444 e. The Labute approximate surface area is 106 Å². The summed E-state index contributed by atoms with van der Waals surface area (Å²) in [5.74, 6) is 1.28. The van der Waals surface area contributed by atoms with Gasteiger partial charge in [-0.1, -0.05) is 26.7 Å². The summed E-state index contributed by atoms with van der Waals surface area (Å²) in [4.78, 5) is 13.9. The Morgan fingerprint density at radius 3 is 2.00 bits per heavy atom. The lowest BCUT2D eigenvalue weighted by molar-refractivity contribution is 0.00914. The van der Waals surface area contributed by atoms with E-state index in [0.29, 0.717) is 11.8 Å². The Hall–Kier alpha value is -0.730. The van der Waals surface area contributed by atoms with Crippen molar-refractivity contribution >= 4 is 6.09 Å². The van der Waals surface area contributed by atoms with E-state index in [2.05, 4.69) is 13.8 Å². The van der Waals surface area contributed by atoms with Crippen molar-refractivity contribution in [3.63, 3.8) is 0 Å². The van der Waals surface area contributed by atoms with E-state index in [1.165, 1.54) is 6.42 Å². The third-order valence-electron chi connectivity index (χ3n) is 3.43. The maximum atomic E-state index is 12.0. The number of amides is 1. The first-order chi connectivity index (χ1) is 7.85. The van der Waals surface area contributed by atoms with Crippen molar-refractivity contribution in [2.75, 3.05) is 13.1 Å². The van der Waals surface area contributed by atoms with Gasteiger partial charge in [-0.2, -0.15) is 0 Å². The summed E-state index contributed by atoms with van der Waals surface area (Å²) in [6.07, 6.45) is 3.41. The van der Waals surface area contributed by atoms with Crippen molar-refractivity contribution < 1.29 is 9.53 Å². The fraction of sp³-hybridized carbons (Fsp3) is 0.929. The molecule has 0 radical (unpaired) electrons. The number of nitrogens with zero attached hydrogens (tertiary/aromatic N) is 1. The summed E-state index contributed by atoms with van der Waals surface area (Å²) in [5.41, 5.74) is -0.391. The van der Waals surface area contributed by atoms with Crippen LogP contribution in [0.1, 0.15) is 53.9 Å². The first-order valence-corrected chi connectivity index (χ1v) is 6.83. The molecule has 1 aliphatic heterocycles. The van der Waals surface area contributed by atoms with E-state index in [1.54, 1.807) is 0 Å². The van der Waals surface area contributed by atoms with Gasteiger partial charge in [-0.05, 0) is 39.0 Å². The number of carbonyl (C=O) groups excluding carboxylic acids is 1. The molecule has 3 heteroatoms. The third kappa shape index (κ3) is 4.57. The highest BCUT2D eigenvalue weighted by Crippen LogP contribution is 2.27. The molecule has 1 heterocycles. The summed E-state index contributed by atoms with van der Waals surface area (Å²) in [6, 6.07) is 0. The van der Waals surface area contributed by atoms with Crippen LogP contribution >= 0.6 is 0 Å². The van der Waals surface area contributed by atoms with Crippen molar-refractivity contribution in [1.29, 1.82) is 0 Å². The van der Waals surface area contributed by atoms with Crippen LogP contribution in [0.15, 0.2) is 0 Å². The normalized spacial score (nSPS) is 25.8. The van der Waals surface area contributed by atoms with Crippen molar-refractivity contribution in [3.8, 4) is 0 Å². The van der Waals surface area contributed by atoms with Gasteiger partial charge in [-0.25, -0.2) is 4.79 Å². The average Bonchev–Trinajstić information content (AvgIpc) is 2.26. The zero-order valence-corrected chi connectivity index (χ0v) is 12.0. The van der Waals surface area contributed by atoms with E-state index < -0.39 is 5.60 Å². The molecule has 0 aromatic rings. The molecule has 0 saturated carbocycles. The number of carbonyl (C=O) groups is 1.